The molecule has 2 aromatic carbocycles. The first-order valence-corrected chi connectivity index (χ1v) is 8.87. The molecule has 5 nitrogen and oxygen atoms in total. The van der Waals surface area contributed by atoms with Crippen LogP contribution in [0.2, 0.25) is 0 Å². The van der Waals surface area contributed by atoms with Crippen molar-refractivity contribution in [3.8, 4) is 5.75 Å². The number of aryl methyl sites for hydroxylation is 2. The summed E-state index contributed by atoms with van der Waals surface area (Å²) in [6.45, 7) is 8.20. The maximum Gasteiger partial charge on any atom is 0.268 e. The predicted molar refractivity (Wildman–Crippen MR) is 103 cm³/mol. The normalized spacial score (nSPS) is 16.1. The third-order valence-electron chi connectivity index (χ3n) is 4.63. The Balaban J connectivity index is 1.89. The van der Waals surface area contributed by atoms with E-state index in [2.05, 4.69) is 6.07 Å². The first-order valence-electron chi connectivity index (χ1n) is 8.87. The molecule has 0 radical (unpaired) electrons. The molecule has 0 aliphatic carbocycles. The van der Waals surface area contributed by atoms with Crippen LogP contribution in [0.5, 0.6) is 5.75 Å². The number of amides is 2. The van der Waals surface area contributed by atoms with Gasteiger partial charge in [0.2, 0.25) is 5.91 Å². The number of hydrogen-bond acceptors (Lipinski definition) is 3. The number of likely N-dealkylation sites (N-methyl/N-ethyl adjacent to an activating group) is 1. The molecule has 0 bridgehead atoms. The second-order valence-electron chi connectivity index (χ2n) is 6.58. The number of carbonyl (C=O) groups excluding carboxylic acids is 2. The van der Waals surface area contributed by atoms with Crippen LogP contribution < -0.4 is 14.5 Å². The molecule has 0 fully saturated rings. The molecule has 0 spiro atoms. The molecular formula is C21H24N2O3. The molecule has 1 aliphatic heterocycles. The topological polar surface area (TPSA) is 49.9 Å². The highest BCUT2D eigenvalue weighted by molar-refractivity contribution is 6.07. The van der Waals surface area contributed by atoms with Crippen molar-refractivity contribution in [1.29, 1.82) is 0 Å². The summed E-state index contributed by atoms with van der Waals surface area (Å²) in [5.74, 6) is 0.312. The zero-order chi connectivity index (χ0) is 18.8. The highest BCUT2D eigenvalue weighted by Gasteiger charge is 2.33. The Hall–Kier alpha value is -2.82. The van der Waals surface area contributed by atoms with Crippen LogP contribution in [-0.2, 0) is 9.59 Å². The second-order valence-corrected chi connectivity index (χ2v) is 6.58. The molecule has 2 aromatic rings. The molecule has 1 aliphatic rings. The lowest BCUT2D eigenvalue weighted by Crippen LogP contribution is -2.49. The smallest absolute Gasteiger partial charge is 0.268 e. The third-order valence-corrected chi connectivity index (χ3v) is 4.63. The van der Waals surface area contributed by atoms with E-state index < -0.39 is 6.10 Å². The van der Waals surface area contributed by atoms with Gasteiger partial charge in [-0.1, -0.05) is 29.8 Å². The molecule has 0 saturated heterocycles. The Morgan fingerprint density at radius 3 is 2.62 bits per heavy atom. The van der Waals surface area contributed by atoms with Gasteiger partial charge in [0, 0.05) is 12.2 Å². The number of rotatable bonds is 4. The fourth-order valence-corrected chi connectivity index (χ4v) is 3.33. The summed E-state index contributed by atoms with van der Waals surface area (Å²) in [5.41, 5.74) is 3.72. The Morgan fingerprint density at radius 1 is 1.19 bits per heavy atom. The molecule has 2 amide bonds. The zero-order valence-electron chi connectivity index (χ0n) is 15.7. The Kier molecular flexibility index (Phi) is 4.98. The summed E-state index contributed by atoms with van der Waals surface area (Å²) in [6.07, 6.45) is -0.603. The Morgan fingerprint density at radius 2 is 1.92 bits per heavy atom. The van der Waals surface area contributed by atoms with Gasteiger partial charge in [-0.15, -0.1) is 0 Å². The summed E-state index contributed by atoms with van der Waals surface area (Å²) in [4.78, 5) is 28.9. The lowest BCUT2D eigenvalue weighted by atomic mass is 10.1. The molecule has 0 unspecified atom stereocenters. The van der Waals surface area contributed by atoms with Crippen molar-refractivity contribution in [2.75, 3.05) is 22.9 Å². The van der Waals surface area contributed by atoms with Gasteiger partial charge in [0.15, 0.2) is 6.10 Å². The van der Waals surface area contributed by atoms with Gasteiger partial charge in [-0.3, -0.25) is 14.5 Å². The number of anilines is 2. The van der Waals surface area contributed by atoms with Gasteiger partial charge in [0.05, 0.1) is 5.69 Å². The Labute approximate surface area is 154 Å². The van der Waals surface area contributed by atoms with Crippen molar-refractivity contribution >= 4 is 23.2 Å². The number of carbonyl (C=O) groups is 2. The van der Waals surface area contributed by atoms with Crippen molar-refractivity contribution in [3.63, 3.8) is 0 Å². The molecule has 0 saturated carbocycles. The third kappa shape index (κ3) is 3.29. The van der Waals surface area contributed by atoms with E-state index in [1.54, 1.807) is 17.9 Å². The number of ether oxygens (including phenoxy) is 1. The number of para-hydroxylation sites is 2. The van der Waals surface area contributed by atoms with Crippen LogP contribution in [0.3, 0.4) is 0 Å². The number of hydrogen-bond donors (Lipinski definition) is 0. The quantitative estimate of drug-likeness (QED) is 0.847. The van der Waals surface area contributed by atoms with E-state index in [-0.39, 0.29) is 18.4 Å². The van der Waals surface area contributed by atoms with Gasteiger partial charge < -0.3 is 9.64 Å². The van der Waals surface area contributed by atoms with Crippen molar-refractivity contribution in [2.45, 2.75) is 33.8 Å². The average Bonchev–Trinajstić information content (AvgIpc) is 2.61. The van der Waals surface area contributed by atoms with Gasteiger partial charge in [0.1, 0.15) is 12.3 Å². The first-order chi connectivity index (χ1) is 12.4. The Bertz CT molecular complexity index is 847. The SMILES string of the molecule is CCN(C(=O)CN1C(=O)[C@@H](C)Oc2ccccc21)c1ccc(C)cc1C. The molecule has 3 rings (SSSR count). The fraction of sp³-hybridized carbons (Fsp3) is 0.333. The lowest BCUT2D eigenvalue weighted by Gasteiger charge is -2.34. The molecule has 26 heavy (non-hydrogen) atoms. The predicted octanol–water partition coefficient (Wildman–Crippen LogP) is 3.47. The highest BCUT2D eigenvalue weighted by atomic mass is 16.5. The molecule has 5 heteroatoms. The van der Waals surface area contributed by atoms with Crippen LogP contribution >= 0.6 is 0 Å². The number of benzene rings is 2. The monoisotopic (exact) mass is 352 g/mol. The van der Waals surface area contributed by atoms with Crippen LogP contribution in [0, 0.1) is 13.8 Å². The maximum absolute atomic E-state index is 13.0. The molecule has 1 atom stereocenters. The molecule has 0 aromatic heterocycles. The first kappa shape index (κ1) is 18.0. The van der Waals surface area contributed by atoms with E-state index in [4.69, 9.17) is 4.74 Å². The molecular weight excluding hydrogens is 328 g/mol. The molecule has 0 N–H and O–H groups in total. The fourth-order valence-electron chi connectivity index (χ4n) is 3.33. The van der Waals surface area contributed by atoms with Gasteiger partial charge in [-0.25, -0.2) is 0 Å². The number of nitrogens with zero attached hydrogens (tertiary/aromatic N) is 2. The van der Waals surface area contributed by atoms with Crippen molar-refractivity contribution in [2.24, 2.45) is 0 Å². The minimum absolute atomic E-state index is 0.00922. The maximum atomic E-state index is 13.0. The van der Waals surface area contributed by atoms with Crippen LogP contribution in [0.1, 0.15) is 25.0 Å². The standard InChI is InChI=1S/C21H24N2O3/c1-5-22(17-11-10-14(2)12-15(17)3)20(24)13-23-18-8-6-7-9-19(18)26-16(4)21(23)25/h6-12,16H,5,13H2,1-4H3/t16-/m1/s1. The highest BCUT2D eigenvalue weighted by Crippen LogP contribution is 2.33. The number of fused-ring (bicyclic) bond motifs is 1. The average molecular weight is 352 g/mol. The summed E-state index contributed by atoms with van der Waals surface area (Å²) in [5, 5.41) is 0. The van der Waals surface area contributed by atoms with E-state index >= 15 is 0 Å². The van der Waals surface area contributed by atoms with Crippen LogP contribution in [0.25, 0.3) is 0 Å². The van der Waals surface area contributed by atoms with Crippen LogP contribution in [0.4, 0.5) is 11.4 Å². The van der Waals surface area contributed by atoms with E-state index in [0.717, 1.165) is 16.8 Å². The van der Waals surface area contributed by atoms with Gasteiger partial charge >= 0.3 is 0 Å². The lowest BCUT2D eigenvalue weighted by molar-refractivity contribution is -0.127. The molecule has 1 heterocycles. The van der Waals surface area contributed by atoms with Gasteiger partial charge in [-0.05, 0) is 51.5 Å². The van der Waals surface area contributed by atoms with Gasteiger partial charge in [-0.2, -0.15) is 0 Å². The largest absolute Gasteiger partial charge is 0.479 e. The summed E-state index contributed by atoms with van der Waals surface area (Å²) in [6, 6.07) is 13.3. The van der Waals surface area contributed by atoms with E-state index in [1.807, 2.05) is 51.1 Å². The summed E-state index contributed by atoms with van der Waals surface area (Å²) in [7, 11) is 0. The van der Waals surface area contributed by atoms with Gasteiger partial charge in [0.25, 0.3) is 5.91 Å². The molecule has 136 valence electrons. The summed E-state index contributed by atoms with van der Waals surface area (Å²) < 4.78 is 5.64. The van der Waals surface area contributed by atoms with Crippen molar-refractivity contribution in [3.05, 3.63) is 53.6 Å². The van der Waals surface area contributed by atoms with Crippen LogP contribution in [0.15, 0.2) is 42.5 Å². The van der Waals surface area contributed by atoms with E-state index in [1.165, 1.54) is 4.90 Å². The van der Waals surface area contributed by atoms with E-state index in [0.29, 0.717) is 18.0 Å². The van der Waals surface area contributed by atoms with Crippen molar-refractivity contribution < 1.29 is 14.3 Å². The van der Waals surface area contributed by atoms with E-state index in [9.17, 15) is 9.59 Å². The zero-order valence-corrected chi connectivity index (χ0v) is 15.7. The minimum atomic E-state index is -0.603. The van der Waals surface area contributed by atoms with Crippen LogP contribution in [-0.4, -0.2) is 31.0 Å². The second kappa shape index (κ2) is 7.20. The minimum Gasteiger partial charge on any atom is -0.479 e. The summed E-state index contributed by atoms with van der Waals surface area (Å²) >= 11 is 0. The van der Waals surface area contributed by atoms with Crippen molar-refractivity contribution in [1.82, 2.24) is 0 Å².